The van der Waals surface area contributed by atoms with Gasteiger partial charge in [0.05, 0.1) is 17.0 Å². The van der Waals surface area contributed by atoms with E-state index >= 15 is 0 Å². The van der Waals surface area contributed by atoms with E-state index in [0.29, 0.717) is 29.4 Å². The third kappa shape index (κ3) is 5.89. The minimum Gasteiger partial charge on any atom is -0.481 e. The summed E-state index contributed by atoms with van der Waals surface area (Å²) in [5.41, 5.74) is 1.73. The summed E-state index contributed by atoms with van der Waals surface area (Å²) in [6.45, 7) is 7.93. The van der Waals surface area contributed by atoms with Crippen molar-refractivity contribution in [2.24, 2.45) is 11.8 Å². The van der Waals surface area contributed by atoms with Crippen LogP contribution in [0.15, 0.2) is 6.07 Å². The Morgan fingerprint density at radius 2 is 1.95 bits per heavy atom. The van der Waals surface area contributed by atoms with Crippen molar-refractivity contribution in [1.82, 2.24) is 15.5 Å². The van der Waals surface area contributed by atoms with Crippen LogP contribution in [0.1, 0.15) is 48.4 Å². The summed E-state index contributed by atoms with van der Waals surface area (Å²) < 4.78 is 0. The molecule has 6 heteroatoms. The van der Waals surface area contributed by atoms with E-state index in [4.69, 9.17) is 5.11 Å². The van der Waals surface area contributed by atoms with Gasteiger partial charge in [0.15, 0.2) is 0 Å². The van der Waals surface area contributed by atoms with E-state index in [9.17, 15) is 9.59 Å². The number of rotatable bonds is 7. The van der Waals surface area contributed by atoms with Gasteiger partial charge in [-0.05, 0) is 38.2 Å². The molecule has 1 aromatic rings. The Morgan fingerprint density at radius 1 is 1.29 bits per heavy atom. The van der Waals surface area contributed by atoms with E-state index < -0.39 is 5.97 Å². The smallest absolute Gasteiger partial charge is 0.303 e. The molecule has 6 nitrogen and oxygen atoms in total. The number of aryl methyl sites for hydroxylation is 2. The Kier molecular flexibility index (Phi) is 6.27. The van der Waals surface area contributed by atoms with Crippen molar-refractivity contribution in [1.29, 1.82) is 0 Å². The van der Waals surface area contributed by atoms with Crippen molar-refractivity contribution in [3.63, 3.8) is 0 Å². The van der Waals surface area contributed by atoms with E-state index in [2.05, 4.69) is 15.5 Å². The Morgan fingerprint density at radius 3 is 2.52 bits per heavy atom. The summed E-state index contributed by atoms with van der Waals surface area (Å²) in [4.78, 5) is 23.0. The van der Waals surface area contributed by atoms with Crippen LogP contribution in [0.25, 0.3) is 0 Å². The molecule has 0 aliphatic heterocycles. The molecule has 1 amide bonds. The summed E-state index contributed by atoms with van der Waals surface area (Å²) in [5.74, 6) is -0.752. The van der Waals surface area contributed by atoms with Gasteiger partial charge in [-0.15, -0.1) is 0 Å². The van der Waals surface area contributed by atoms with Crippen LogP contribution in [0.4, 0.5) is 0 Å². The van der Waals surface area contributed by atoms with Crippen LogP contribution in [-0.2, 0) is 4.79 Å². The van der Waals surface area contributed by atoms with Crippen molar-refractivity contribution in [2.75, 3.05) is 6.54 Å². The van der Waals surface area contributed by atoms with Gasteiger partial charge in [-0.25, -0.2) is 0 Å². The lowest BCUT2D eigenvalue weighted by Gasteiger charge is -2.18. The fourth-order valence-electron chi connectivity index (χ4n) is 2.26. The molecular formula is C15H23N3O3. The van der Waals surface area contributed by atoms with Gasteiger partial charge in [-0.2, -0.15) is 10.2 Å². The molecule has 0 aromatic carbocycles. The molecule has 0 saturated heterocycles. The average Bonchev–Trinajstić information content (AvgIpc) is 2.37. The summed E-state index contributed by atoms with van der Waals surface area (Å²) >= 11 is 0. The van der Waals surface area contributed by atoms with Crippen LogP contribution in [-0.4, -0.2) is 33.7 Å². The Hall–Kier alpha value is -1.98. The minimum atomic E-state index is -0.840. The molecule has 1 aromatic heterocycles. The van der Waals surface area contributed by atoms with Gasteiger partial charge >= 0.3 is 5.97 Å². The topological polar surface area (TPSA) is 92.2 Å². The summed E-state index contributed by atoms with van der Waals surface area (Å²) in [6, 6.07) is 1.69. The molecule has 0 aliphatic carbocycles. The van der Waals surface area contributed by atoms with Gasteiger partial charge in [0.2, 0.25) is 0 Å². The number of nitrogens with zero attached hydrogens (tertiary/aromatic N) is 2. The fourth-order valence-corrected chi connectivity index (χ4v) is 2.26. The number of carbonyl (C=O) groups is 2. The lowest BCUT2D eigenvalue weighted by Crippen LogP contribution is -2.31. The van der Waals surface area contributed by atoms with Crippen molar-refractivity contribution >= 4 is 11.9 Å². The number of aliphatic carboxylic acids is 1. The minimum absolute atomic E-state index is 0.0606. The molecule has 0 aliphatic rings. The van der Waals surface area contributed by atoms with E-state index in [0.717, 1.165) is 6.42 Å². The number of nitrogens with one attached hydrogen (secondary N) is 1. The Labute approximate surface area is 125 Å². The Bertz CT molecular complexity index is 515. The van der Waals surface area contributed by atoms with Gasteiger partial charge in [0.25, 0.3) is 5.91 Å². The number of carboxylic acid groups (broad SMARTS) is 1. The molecule has 0 unspecified atom stereocenters. The number of aromatic nitrogens is 2. The van der Waals surface area contributed by atoms with E-state index in [-0.39, 0.29) is 18.2 Å². The normalized spacial score (nSPS) is 12.2. The fraction of sp³-hybridized carbons (Fsp3) is 0.600. The maximum Gasteiger partial charge on any atom is 0.303 e. The highest BCUT2D eigenvalue weighted by atomic mass is 16.4. The van der Waals surface area contributed by atoms with Crippen LogP contribution in [0, 0.1) is 25.7 Å². The summed E-state index contributed by atoms with van der Waals surface area (Å²) in [5, 5.41) is 19.5. The van der Waals surface area contributed by atoms with Gasteiger partial charge in [0.1, 0.15) is 0 Å². The van der Waals surface area contributed by atoms with Gasteiger partial charge in [0, 0.05) is 13.0 Å². The highest BCUT2D eigenvalue weighted by Crippen LogP contribution is 2.15. The molecule has 21 heavy (non-hydrogen) atoms. The summed E-state index contributed by atoms with van der Waals surface area (Å²) in [7, 11) is 0. The predicted octanol–water partition coefficient (Wildman–Crippen LogP) is 1.96. The first kappa shape index (κ1) is 17.1. The van der Waals surface area contributed by atoms with Crippen LogP contribution in [0.3, 0.4) is 0 Å². The number of hydrogen-bond acceptors (Lipinski definition) is 4. The molecule has 116 valence electrons. The summed E-state index contributed by atoms with van der Waals surface area (Å²) in [6.07, 6.45) is 0.824. The molecule has 2 N–H and O–H groups in total. The van der Waals surface area contributed by atoms with Crippen LogP contribution >= 0.6 is 0 Å². The molecular weight excluding hydrogens is 270 g/mol. The van der Waals surface area contributed by atoms with Crippen molar-refractivity contribution < 1.29 is 14.7 Å². The monoisotopic (exact) mass is 293 g/mol. The Balaban J connectivity index is 2.68. The molecule has 0 fully saturated rings. The second-order valence-corrected chi connectivity index (χ2v) is 5.79. The zero-order valence-electron chi connectivity index (χ0n) is 13.0. The largest absolute Gasteiger partial charge is 0.481 e. The third-order valence-electron chi connectivity index (χ3n) is 3.16. The quantitative estimate of drug-likeness (QED) is 0.801. The molecule has 0 saturated carbocycles. The first-order valence-electron chi connectivity index (χ1n) is 7.10. The lowest BCUT2D eigenvalue weighted by molar-refractivity contribution is -0.138. The first-order valence-corrected chi connectivity index (χ1v) is 7.10. The number of hydrogen-bond donors (Lipinski definition) is 2. The zero-order valence-corrected chi connectivity index (χ0v) is 13.0. The lowest BCUT2D eigenvalue weighted by atomic mass is 9.94. The van der Waals surface area contributed by atoms with Crippen molar-refractivity contribution in [2.45, 2.75) is 40.5 Å². The van der Waals surface area contributed by atoms with Gasteiger partial charge in [-0.3, -0.25) is 9.59 Å². The number of amides is 1. The molecule has 1 heterocycles. The highest BCUT2D eigenvalue weighted by Gasteiger charge is 2.17. The standard InChI is InChI=1S/C15H23N3O3/c1-9(2)5-12(7-14(19)20)8-16-15(21)13-6-10(3)17-18-11(13)4/h6,9,12H,5,7-8H2,1-4H3,(H,16,21)(H,19,20)/t12-/m0/s1. The molecule has 0 bridgehead atoms. The third-order valence-corrected chi connectivity index (χ3v) is 3.16. The maximum absolute atomic E-state index is 12.2. The van der Waals surface area contributed by atoms with Gasteiger partial charge in [-0.1, -0.05) is 13.8 Å². The molecule has 1 atom stereocenters. The predicted molar refractivity (Wildman–Crippen MR) is 79.0 cm³/mol. The highest BCUT2D eigenvalue weighted by molar-refractivity contribution is 5.95. The first-order chi connectivity index (χ1) is 9.79. The number of carbonyl (C=O) groups excluding carboxylic acids is 1. The van der Waals surface area contributed by atoms with E-state index in [1.807, 2.05) is 13.8 Å². The molecule has 0 spiro atoms. The number of carboxylic acids is 1. The molecule has 1 rings (SSSR count). The SMILES string of the molecule is Cc1cc(C(=O)NC[C@H](CC(=O)O)CC(C)C)c(C)nn1. The maximum atomic E-state index is 12.2. The van der Waals surface area contributed by atoms with E-state index in [1.54, 1.807) is 19.9 Å². The van der Waals surface area contributed by atoms with Gasteiger partial charge < -0.3 is 10.4 Å². The molecule has 0 radical (unpaired) electrons. The van der Waals surface area contributed by atoms with E-state index in [1.165, 1.54) is 0 Å². The zero-order chi connectivity index (χ0) is 16.0. The van der Waals surface area contributed by atoms with Crippen LogP contribution in [0.2, 0.25) is 0 Å². The van der Waals surface area contributed by atoms with Crippen LogP contribution < -0.4 is 5.32 Å². The van der Waals surface area contributed by atoms with Crippen molar-refractivity contribution in [3.8, 4) is 0 Å². The second-order valence-electron chi connectivity index (χ2n) is 5.79. The van der Waals surface area contributed by atoms with Crippen LogP contribution in [0.5, 0.6) is 0 Å². The second kappa shape index (κ2) is 7.71. The van der Waals surface area contributed by atoms with Crippen molar-refractivity contribution in [3.05, 3.63) is 23.0 Å². The average molecular weight is 293 g/mol.